The van der Waals surface area contributed by atoms with Crippen molar-refractivity contribution in [3.8, 4) is 17.1 Å². The van der Waals surface area contributed by atoms with Gasteiger partial charge in [-0.05, 0) is 44.0 Å². The summed E-state index contributed by atoms with van der Waals surface area (Å²) in [6, 6.07) is 7.44. The lowest BCUT2D eigenvalue weighted by Crippen LogP contribution is -2.30. The Bertz CT molecular complexity index is 675. The maximum atomic E-state index is 11.6. The van der Waals surface area contributed by atoms with Crippen molar-refractivity contribution in [2.45, 2.75) is 25.9 Å². The van der Waals surface area contributed by atoms with E-state index in [1.165, 1.54) is 0 Å². The van der Waals surface area contributed by atoms with E-state index < -0.39 is 5.91 Å². The van der Waals surface area contributed by atoms with Crippen LogP contribution in [0.15, 0.2) is 28.8 Å². The normalized spacial score (nSPS) is 17.2. The molecule has 1 amide bonds. The molecular formula is C16H19N3O4. The summed E-state index contributed by atoms with van der Waals surface area (Å²) in [4.78, 5) is 11.6. The number of nitrogens with zero attached hydrogens (tertiary/aromatic N) is 1. The van der Waals surface area contributed by atoms with Gasteiger partial charge in [0.1, 0.15) is 12.4 Å². The Morgan fingerprint density at radius 2 is 2.22 bits per heavy atom. The monoisotopic (exact) mass is 317 g/mol. The van der Waals surface area contributed by atoms with Crippen LogP contribution in [0.3, 0.4) is 0 Å². The molecule has 0 radical (unpaired) electrons. The van der Waals surface area contributed by atoms with Crippen LogP contribution in [0.1, 0.15) is 28.9 Å². The second-order valence-electron chi connectivity index (χ2n) is 5.43. The highest BCUT2D eigenvalue weighted by molar-refractivity contribution is 5.94. The van der Waals surface area contributed by atoms with Gasteiger partial charge in [0, 0.05) is 17.7 Å². The topological polar surface area (TPSA) is 99.6 Å². The van der Waals surface area contributed by atoms with Crippen LogP contribution in [0.25, 0.3) is 11.3 Å². The average Bonchev–Trinajstić information content (AvgIpc) is 3.22. The zero-order valence-corrected chi connectivity index (χ0v) is 12.9. The summed E-state index contributed by atoms with van der Waals surface area (Å²) in [7, 11) is 0. The third-order valence-electron chi connectivity index (χ3n) is 3.85. The average molecular weight is 317 g/mol. The number of hydrogen-bond donors (Lipinski definition) is 2. The van der Waals surface area contributed by atoms with Gasteiger partial charge in [0.15, 0.2) is 11.5 Å². The summed E-state index contributed by atoms with van der Waals surface area (Å²) in [6.07, 6.45) is 2.32. The van der Waals surface area contributed by atoms with Crippen LogP contribution < -0.4 is 16.0 Å². The third-order valence-corrected chi connectivity index (χ3v) is 3.85. The van der Waals surface area contributed by atoms with Gasteiger partial charge in [-0.15, -0.1) is 0 Å². The summed E-state index contributed by atoms with van der Waals surface area (Å²) >= 11 is 0. The van der Waals surface area contributed by atoms with E-state index in [0.717, 1.165) is 30.8 Å². The molecule has 0 spiro atoms. The molecule has 1 saturated heterocycles. The van der Waals surface area contributed by atoms with Crippen molar-refractivity contribution in [2.24, 2.45) is 5.84 Å². The minimum absolute atomic E-state index is 0.182. The number of nitrogen functional groups attached to an aromatic ring is 1. The largest absolute Gasteiger partial charge is 0.491 e. The molecule has 23 heavy (non-hydrogen) atoms. The van der Waals surface area contributed by atoms with Gasteiger partial charge in [-0.25, -0.2) is 5.84 Å². The van der Waals surface area contributed by atoms with E-state index in [9.17, 15) is 4.79 Å². The number of nitrogens with two attached hydrogens (primary N) is 1. The molecule has 1 aromatic heterocycles. The Hall–Kier alpha value is -2.38. The first kappa shape index (κ1) is 15.5. The Morgan fingerprint density at radius 1 is 1.43 bits per heavy atom. The Balaban J connectivity index is 1.69. The van der Waals surface area contributed by atoms with Crippen LogP contribution in [0.5, 0.6) is 5.75 Å². The second-order valence-corrected chi connectivity index (χ2v) is 5.43. The quantitative estimate of drug-likeness (QED) is 0.495. The fourth-order valence-electron chi connectivity index (χ4n) is 2.55. The van der Waals surface area contributed by atoms with E-state index in [4.69, 9.17) is 19.8 Å². The van der Waals surface area contributed by atoms with E-state index in [2.05, 4.69) is 5.16 Å². The molecule has 1 unspecified atom stereocenters. The predicted molar refractivity (Wildman–Crippen MR) is 82.8 cm³/mol. The Labute approximate surface area is 133 Å². The number of rotatable bonds is 5. The zero-order valence-electron chi connectivity index (χ0n) is 12.9. The van der Waals surface area contributed by atoms with Gasteiger partial charge in [0.05, 0.1) is 6.10 Å². The highest BCUT2D eigenvalue weighted by atomic mass is 16.5. The molecule has 1 aromatic carbocycles. The van der Waals surface area contributed by atoms with Gasteiger partial charge in [-0.2, -0.15) is 0 Å². The molecule has 1 fully saturated rings. The van der Waals surface area contributed by atoms with Crippen LogP contribution in [0.4, 0.5) is 0 Å². The molecule has 7 nitrogen and oxygen atoms in total. The van der Waals surface area contributed by atoms with Gasteiger partial charge >= 0.3 is 0 Å². The number of benzene rings is 1. The van der Waals surface area contributed by atoms with Gasteiger partial charge in [-0.3, -0.25) is 10.2 Å². The number of amides is 1. The molecule has 0 aliphatic carbocycles. The van der Waals surface area contributed by atoms with Crippen molar-refractivity contribution in [1.29, 1.82) is 0 Å². The summed E-state index contributed by atoms with van der Waals surface area (Å²) in [6.45, 7) is 3.14. The highest BCUT2D eigenvalue weighted by Crippen LogP contribution is 2.27. The minimum atomic E-state index is -0.478. The Morgan fingerprint density at radius 3 is 2.87 bits per heavy atom. The van der Waals surface area contributed by atoms with Crippen LogP contribution in [0, 0.1) is 6.92 Å². The van der Waals surface area contributed by atoms with Gasteiger partial charge in [0.25, 0.3) is 5.91 Å². The molecule has 0 saturated carbocycles. The molecule has 3 rings (SSSR count). The van der Waals surface area contributed by atoms with Gasteiger partial charge in [0.2, 0.25) is 0 Å². The van der Waals surface area contributed by atoms with Gasteiger partial charge in [-0.1, -0.05) is 5.16 Å². The molecule has 1 atom stereocenters. The molecule has 1 aliphatic heterocycles. The summed E-state index contributed by atoms with van der Waals surface area (Å²) < 4.78 is 16.5. The van der Waals surface area contributed by atoms with Crippen molar-refractivity contribution >= 4 is 5.91 Å². The van der Waals surface area contributed by atoms with E-state index in [1.54, 1.807) is 6.92 Å². The van der Waals surface area contributed by atoms with Crippen molar-refractivity contribution in [2.75, 3.05) is 13.2 Å². The van der Waals surface area contributed by atoms with E-state index in [0.29, 0.717) is 17.9 Å². The minimum Gasteiger partial charge on any atom is -0.491 e. The predicted octanol–water partition coefficient (Wildman–Crippen LogP) is 1.81. The SMILES string of the molecule is Cc1c(C(=O)NN)noc1-c1ccc(OCC2CCCO2)cc1. The fraction of sp³-hybridized carbons (Fsp3) is 0.375. The second kappa shape index (κ2) is 6.80. The van der Waals surface area contributed by atoms with E-state index in [1.807, 2.05) is 29.7 Å². The number of nitrogens with one attached hydrogen (secondary N) is 1. The van der Waals surface area contributed by atoms with Gasteiger partial charge < -0.3 is 14.0 Å². The van der Waals surface area contributed by atoms with Crippen molar-refractivity contribution < 1.29 is 18.8 Å². The summed E-state index contributed by atoms with van der Waals surface area (Å²) in [5.74, 6) is 5.94. The van der Waals surface area contributed by atoms with E-state index in [-0.39, 0.29) is 11.8 Å². The third kappa shape index (κ3) is 3.35. The highest BCUT2D eigenvalue weighted by Gasteiger charge is 2.19. The van der Waals surface area contributed by atoms with Crippen molar-refractivity contribution in [1.82, 2.24) is 10.6 Å². The molecular weight excluding hydrogens is 298 g/mol. The number of hydrogen-bond acceptors (Lipinski definition) is 6. The summed E-state index contributed by atoms with van der Waals surface area (Å²) in [5.41, 5.74) is 3.68. The van der Waals surface area contributed by atoms with Crippen LogP contribution in [-0.2, 0) is 4.74 Å². The van der Waals surface area contributed by atoms with Crippen molar-refractivity contribution in [3.05, 3.63) is 35.5 Å². The maximum Gasteiger partial charge on any atom is 0.287 e. The first-order valence-electron chi connectivity index (χ1n) is 7.51. The standard InChI is InChI=1S/C16H19N3O4/c1-10-14(16(20)18-17)19-23-15(10)11-4-6-12(7-5-11)22-9-13-3-2-8-21-13/h4-7,13H,2-3,8-9,17H2,1H3,(H,18,20). The van der Waals surface area contributed by atoms with E-state index >= 15 is 0 Å². The van der Waals surface area contributed by atoms with Crippen LogP contribution >= 0.6 is 0 Å². The smallest absolute Gasteiger partial charge is 0.287 e. The number of ether oxygens (including phenoxy) is 2. The molecule has 1 aliphatic rings. The van der Waals surface area contributed by atoms with Crippen LogP contribution in [-0.4, -0.2) is 30.4 Å². The fourth-order valence-corrected chi connectivity index (χ4v) is 2.55. The molecule has 0 bridgehead atoms. The number of carbonyl (C=O) groups excluding carboxylic acids is 1. The van der Waals surface area contributed by atoms with Crippen LogP contribution in [0.2, 0.25) is 0 Å². The number of carbonyl (C=O) groups is 1. The lowest BCUT2D eigenvalue weighted by molar-refractivity contribution is 0.0679. The first-order valence-corrected chi connectivity index (χ1v) is 7.51. The van der Waals surface area contributed by atoms with Crippen molar-refractivity contribution in [3.63, 3.8) is 0 Å². The number of aromatic nitrogens is 1. The maximum absolute atomic E-state index is 11.6. The Kier molecular flexibility index (Phi) is 4.59. The lowest BCUT2D eigenvalue weighted by Gasteiger charge is -2.11. The lowest BCUT2D eigenvalue weighted by atomic mass is 10.1. The summed E-state index contributed by atoms with van der Waals surface area (Å²) in [5, 5.41) is 3.76. The molecule has 3 N–H and O–H groups in total. The molecule has 122 valence electrons. The molecule has 7 heteroatoms. The zero-order chi connectivity index (χ0) is 16.2. The molecule has 2 heterocycles. The number of hydrazine groups is 1. The molecule has 2 aromatic rings. The first-order chi connectivity index (χ1) is 11.2.